The molecule has 6 nitrogen and oxygen atoms in total. The fourth-order valence-corrected chi connectivity index (χ4v) is 2.99. The Labute approximate surface area is 143 Å². The summed E-state index contributed by atoms with van der Waals surface area (Å²) in [5.74, 6) is -0.126. The minimum absolute atomic E-state index is 0.00425. The van der Waals surface area contributed by atoms with E-state index in [-0.39, 0.29) is 11.8 Å². The molecule has 1 aliphatic heterocycles. The first-order chi connectivity index (χ1) is 11.6. The molecule has 1 aliphatic rings. The van der Waals surface area contributed by atoms with Gasteiger partial charge >= 0.3 is 0 Å². The predicted molar refractivity (Wildman–Crippen MR) is 94.2 cm³/mol. The van der Waals surface area contributed by atoms with Gasteiger partial charge in [0, 0.05) is 31.5 Å². The van der Waals surface area contributed by atoms with E-state index in [1.54, 1.807) is 36.3 Å². The summed E-state index contributed by atoms with van der Waals surface area (Å²) in [6.07, 6.45) is 1.29. The molecule has 2 N–H and O–H groups in total. The zero-order valence-corrected chi connectivity index (χ0v) is 14.7. The number of nitrogens with zero attached hydrogens (tertiary/aromatic N) is 1. The maximum Gasteiger partial charge on any atom is 0.256 e. The third kappa shape index (κ3) is 3.94. The highest BCUT2D eigenvalue weighted by atomic mass is 16.5. The molecule has 0 aromatic heterocycles. The summed E-state index contributed by atoms with van der Waals surface area (Å²) in [6, 6.07) is 7.02. The fraction of sp³-hybridized carbons (Fsp3) is 0.556. The van der Waals surface area contributed by atoms with Gasteiger partial charge in [-0.1, -0.05) is 0 Å². The van der Waals surface area contributed by atoms with E-state index >= 15 is 0 Å². The molecule has 2 rings (SSSR count). The zero-order chi connectivity index (χ0) is 17.6. The van der Waals surface area contributed by atoms with Gasteiger partial charge in [0.05, 0.1) is 0 Å². The van der Waals surface area contributed by atoms with Gasteiger partial charge in [-0.3, -0.25) is 9.59 Å². The van der Waals surface area contributed by atoms with Crippen LogP contribution in [0, 0.1) is 0 Å². The average Bonchev–Trinajstić information content (AvgIpc) is 2.63. The summed E-state index contributed by atoms with van der Waals surface area (Å²) in [5, 5.41) is 6.14. The molecule has 2 amide bonds. The summed E-state index contributed by atoms with van der Waals surface area (Å²) >= 11 is 0. The number of methoxy groups -OCH3 is 1. The van der Waals surface area contributed by atoms with Gasteiger partial charge in [-0.25, -0.2) is 0 Å². The number of piperidine rings is 1. The summed E-state index contributed by atoms with van der Waals surface area (Å²) in [7, 11) is 1.58. The lowest BCUT2D eigenvalue weighted by Crippen LogP contribution is -2.51. The predicted octanol–water partition coefficient (Wildman–Crippen LogP) is 1.88. The Kier molecular flexibility index (Phi) is 6.34. The molecular formula is C18H27N3O3. The van der Waals surface area contributed by atoms with E-state index in [1.807, 2.05) is 13.8 Å². The number of carbonyl (C=O) groups excluding carboxylic acids is 2. The quantitative estimate of drug-likeness (QED) is 0.834. The second kappa shape index (κ2) is 8.26. The average molecular weight is 333 g/mol. The van der Waals surface area contributed by atoms with E-state index in [0.717, 1.165) is 13.1 Å². The number of anilines is 1. The Hall–Kier alpha value is -1.92. The maximum atomic E-state index is 12.6. The van der Waals surface area contributed by atoms with Crippen LogP contribution in [-0.4, -0.2) is 55.6 Å². The molecule has 1 heterocycles. The van der Waals surface area contributed by atoms with E-state index in [1.165, 1.54) is 0 Å². The number of rotatable bonds is 6. The molecule has 1 aromatic carbocycles. The number of ether oxygens (including phenoxy) is 1. The summed E-state index contributed by atoms with van der Waals surface area (Å²) in [5.41, 5.74) is 0.520. The Balaban J connectivity index is 2.05. The standard InChI is InChI=1S/C18H27N3O3/c1-4-21(5-2)16(22)14-6-8-15(9-7-14)20-17(23)18(24-3)10-12-19-13-11-18/h6-9,19H,4-5,10-13H2,1-3H3,(H,20,23). The van der Waals surface area contributed by atoms with Gasteiger partial charge in [-0.2, -0.15) is 0 Å². The first kappa shape index (κ1) is 18.4. The van der Waals surface area contributed by atoms with E-state index in [4.69, 9.17) is 4.74 Å². The number of hydrogen-bond acceptors (Lipinski definition) is 4. The van der Waals surface area contributed by atoms with Crippen molar-refractivity contribution < 1.29 is 14.3 Å². The maximum absolute atomic E-state index is 12.6. The van der Waals surface area contributed by atoms with E-state index in [0.29, 0.717) is 37.2 Å². The second-order valence-electron chi connectivity index (χ2n) is 5.96. The fourth-order valence-electron chi connectivity index (χ4n) is 2.99. The van der Waals surface area contributed by atoms with Crippen LogP contribution in [0.5, 0.6) is 0 Å². The number of benzene rings is 1. The third-order valence-corrected chi connectivity index (χ3v) is 4.66. The van der Waals surface area contributed by atoms with Crippen molar-refractivity contribution in [1.29, 1.82) is 0 Å². The van der Waals surface area contributed by atoms with E-state index in [2.05, 4.69) is 10.6 Å². The van der Waals surface area contributed by atoms with Gasteiger partial charge in [-0.05, 0) is 64.0 Å². The highest BCUT2D eigenvalue weighted by Gasteiger charge is 2.39. The van der Waals surface area contributed by atoms with Crippen molar-refractivity contribution in [2.75, 3.05) is 38.6 Å². The largest absolute Gasteiger partial charge is 0.368 e. The van der Waals surface area contributed by atoms with Gasteiger partial charge in [0.25, 0.3) is 11.8 Å². The number of nitrogens with one attached hydrogen (secondary N) is 2. The van der Waals surface area contributed by atoms with E-state index in [9.17, 15) is 9.59 Å². The Morgan fingerprint density at radius 3 is 2.25 bits per heavy atom. The summed E-state index contributed by atoms with van der Waals surface area (Å²) in [4.78, 5) is 26.7. The summed E-state index contributed by atoms with van der Waals surface area (Å²) < 4.78 is 5.52. The van der Waals surface area contributed by atoms with Gasteiger partial charge in [0.2, 0.25) is 0 Å². The molecule has 0 bridgehead atoms. The monoisotopic (exact) mass is 333 g/mol. The van der Waals surface area contributed by atoms with Crippen LogP contribution in [0.25, 0.3) is 0 Å². The molecule has 0 spiro atoms. The van der Waals surface area contributed by atoms with Crippen LogP contribution in [0.2, 0.25) is 0 Å². The Morgan fingerprint density at radius 2 is 1.75 bits per heavy atom. The molecule has 1 fully saturated rings. The molecule has 0 saturated carbocycles. The first-order valence-corrected chi connectivity index (χ1v) is 8.53. The van der Waals surface area contributed by atoms with Gasteiger partial charge < -0.3 is 20.3 Å². The lowest BCUT2D eigenvalue weighted by Gasteiger charge is -2.34. The molecule has 1 aromatic rings. The Morgan fingerprint density at radius 1 is 1.17 bits per heavy atom. The summed E-state index contributed by atoms with van der Waals surface area (Å²) in [6.45, 7) is 6.80. The minimum atomic E-state index is -0.777. The van der Waals surface area contributed by atoms with Crippen molar-refractivity contribution in [1.82, 2.24) is 10.2 Å². The normalized spacial score (nSPS) is 16.5. The second-order valence-corrected chi connectivity index (χ2v) is 5.96. The highest BCUT2D eigenvalue weighted by Crippen LogP contribution is 2.24. The van der Waals surface area contributed by atoms with Crippen molar-refractivity contribution in [3.05, 3.63) is 29.8 Å². The van der Waals surface area contributed by atoms with Gasteiger partial charge in [0.1, 0.15) is 5.60 Å². The van der Waals surface area contributed by atoms with Crippen LogP contribution in [-0.2, 0) is 9.53 Å². The SMILES string of the molecule is CCN(CC)C(=O)c1ccc(NC(=O)C2(OC)CCNCC2)cc1. The molecule has 0 unspecified atom stereocenters. The van der Waals surface area contributed by atoms with Crippen LogP contribution >= 0.6 is 0 Å². The minimum Gasteiger partial charge on any atom is -0.368 e. The van der Waals surface area contributed by atoms with E-state index < -0.39 is 5.60 Å². The zero-order valence-electron chi connectivity index (χ0n) is 14.7. The first-order valence-electron chi connectivity index (χ1n) is 8.53. The van der Waals surface area contributed by atoms with Crippen molar-refractivity contribution in [3.63, 3.8) is 0 Å². The third-order valence-electron chi connectivity index (χ3n) is 4.66. The van der Waals surface area contributed by atoms with Gasteiger partial charge in [-0.15, -0.1) is 0 Å². The van der Waals surface area contributed by atoms with Crippen LogP contribution in [0.15, 0.2) is 24.3 Å². The van der Waals surface area contributed by atoms with Crippen molar-refractivity contribution in [3.8, 4) is 0 Å². The molecule has 1 saturated heterocycles. The number of hydrogen-bond donors (Lipinski definition) is 2. The van der Waals surface area contributed by atoms with Crippen LogP contribution < -0.4 is 10.6 Å². The van der Waals surface area contributed by atoms with Crippen molar-refractivity contribution in [2.45, 2.75) is 32.3 Å². The van der Waals surface area contributed by atoms with Crippen LogP contribution in [0.4, 0.5) is 5.69 Å². The molecule has 6 heteroatoms. The molecule has 24 heavy (non-hydrogen) atoms. The molecule has 0 atom stereocenters. The topological polar surface area (TPSA) is 70.7 Å². The van der Waals surface area contributed by atoms with Crippen molar-refractivity contribution in [2.24, 2.45) is 0 Å². The Bertz CT molecular complexity index is 561. The number of amides is 2. The van der Waals surface area contributed by atoms with Gasteiger partial charge in [0.15, 0.2) is 0 Å². The molecular weight excluding hydrogens is 306 g/mol. The molecule has 0 aliphatic carbocycles. The van der Waals surface area contributed by atoms with Crippen LogP contribution in [0.3, 0.4) is 0 Å². The van der Waals surface area contributed by atoms with Crippen molar-refractivity contribution >= 4 is 17.5 Å². The lowest BCUT2D eigenvalue weighted by atomic mass is 9.91. The highest BCUT2D eigenvalue weighted by molar-refractivity contribution is 5.98. The number of carbonyl (C=O) groups is 2. The van der Waals surface area contributed by atoms with Crippen LogP contribution in [0.1, 0.15) is 37.0 Å². The lowest BCUT2D eigenvalue weighted by molar-refractivity contribution is -0.140. The smallest absolute Gasteiger partial charge is 0.256 e. The molecule has 0 radical (unpaired) electrons. The molecule has 132 valence electrons.